The van der Waals surface area contributed by atoms with Gasteiger partial charge in [0.05, 0.1) is 0 Å². The topological polar surface area (TPSA) is 15.3 Å². The fourth-order valence-electron chi connectivity index (χ4n) is 6.57. The monoisotopic (exact) mass is 262 g/mol. The summed E-state index contributed by atoms with van der Waals surface area (Å²) < 4.78 is 0. The third kappa shape index (κ3) is 2.06. The lowest BCUT2D eigenvalue weighted by atomic mass is 9.47. The van der Waals surface area contributed by atoms with Gasteiger partial charge >= 0.3 is 0 Å². The average Bonchev–Trinajstić information content (AvgIpc) is 2.87. The maximum absolute atomic E-state index is 3.53. The van der Waals surface area contributed by atoms with Crippen LogP contribution >= 0.6 is 0 Å². The minimum Gasteiger partial charge on any atom is -0.318 e. The molecule has 19 heavy (non-hydrogen) atoms. The number of hydrogen-bond acceptors (Lipinski definition) is 2. The summed E-state index contributed by atoms with van der Waals surface area (Å²) in [5.74, 6) is 3.27. The molecule has 5 aliphatic rings. The Balaban J connectivity index is 1.60. The van der Waals surface area contributed by atoms with Gasteiger partial charge in [0, 0.05) is 12.6 Å². The van der Waals surface area contributed by atoms with Crippen LogP contribution in [0, 0.1) is 23.2 Å². The summed E-state index contributed by atoms with van der Waals surface area (Å²) in [4.78, 5) is 2.85. The first-order valence-corrected chi connectivity index (χ1v) is 8.68. The van der Waals surface area contributed by atoms with Crippen LogP contribution in [0.15, 0.2) is 0 Å². The minimum atomic E-state index is 0.697. The molecule has 0 radical (unpaired) electrons. The molecule has 4 bridgehead atoms. The van der Waals surface area contributed by atoms with Gasteiger partial charge in [0.1, 0.15) is 0 Å². The van der Waals surface area contributed by atoms with E-state index >= 15 is 0 Å². The lowest BCUT2D eigenvalue weighted by Gasteiger charge is -2.61. The molecule has 1 atom stereocenters. The molecule has 2 nitrogen and oxygen atoms in total. The lowest BCUT2D eigenvalue weighted by Crippen LogP contribution is -2.59. The molecule has 1 N–H and O–H groups in total. The van der Waals surface area contributed by atoms with E-state index in [9.17, 15) is 0 Å². The Morgan fingerprint density at radius 3 is 2.00 bits per heavy atom. The van der Waals surface area contributed by atoms with Gasteiger partial charge < -0.3 is 5.32 Å². The second-order valence-electron chi connectivity index (χ2n) is 8.10. The second kappa shape index (κ2) is 4.73. The Hall–Kier alpha value is -0.0800. The molecule has 108 valence electrons. The smallest absolute Gasteiger partial charge is 0.0277 e. The van der Waals surface area contributed by atoms with Crippen molar-refractivity contribution in [1.29, 1.82) is 0 Å². The van der Waals surface area contributed by atoms with E-state index in [1.54, 1.807) is 38.5 Å². The second-order valence-corrected chi connectivity index (χ2v) is 8.10. The molecule has 5 rings (SSSR count). The van der Waals surface area contributed by atoms with Crippen molar-refractivity contribution in [3.05, 3.63) is 0 Å². The van der Waals surface area contributed by atoms with E-state index < -0.39 is 0 Å². The van der Waals surface area contributed by atoms with Crippen LogP contribution in [0.4, 0.5) is 0 Å². The highest BCUT2D eigenvalue weighted by Gasteiger charge is 2.55. The van der Waals surface area contributed by atoms with Crippen molar-refractivity contribution in [2.24, 2.45) is 23.2 Å². The molecule has 1 heterocycles. The van der Waals surface area contributed by atoms with Gasteiger partial charge in [0.15, 0.2) is 0 Å². The van der Waals surface area contributed by atoms with E-state index in [4.69, 9.17) is 0 Å². The van der Waals surface area contributed by atoms with Gasteiger partial charge in [0.2, 0.25) is 0 Å². The summed E-state index contributed by atoms with van der Waals surface area (Å²) >= 11 is 0. The molecule has 0 aromatic heterocycles. The van der Waals surface area contributed by atoms with Crippen molar-refractivity contribution in [2.45, 2.75) is 57.4 Å². The van der Waals surface area contributed by atoms with Gasteiger partial charge in [-0.15, -0.1) is 0 Å². The fourth-order valence-corrected chi connectivity index (χ4v) is 6.57. The molecular formula is C17H30N2. The Labute approximate surface area is 118 Å². The third-order valence-corrected chi connectivity index (χ3v) is 6.77. The summed E-state index contributed by atoms with van der Waals surface area (Å²) in [6.45, 7) is 3.97. The van der Waals surface area contributed by atoms with Crippen LogP contribution in [-0.2, 0) is 0 Å². The fraction of sp³-hybridized carbons (Fsp3) is 1.00. The molecule has 0 amide bonds. The number of hydrogen-bond donors (Lipinski definition) is 1. The Morgan fingerprint density at radius 2 is 1.53 bits per heavy atom. The van der Waals surface area contributed by atoms with Gasteiger partial charge in [-0.25, -0.2) is 0 Å². The number of likely N-dealkylation sites (tertiary alicyclic amines) is 1. The zero-order valence-electron chi connectivity index (χ0n) is 12.5. The van der Waals surface area contributed by atoms with Crippen LogP contribution < -0.4 is 5.32 Å². The lowest BCUT2D eigenvalue weighted by molar-refractivity contribution is -0.0966. The number of nitrogens with zero attached hydrogens (tertiary/aromatic N) is 1. The zero-order chi connectivity index (χ0) is 12.9. The highest BCUT2D eigenvalue weighted by Crippen LogP contribution is 2.62. The molecule has 0 spiro atoms. The third-order valence-electron chi connectivity index (χ3n) is 6.77. The molecule has 1 unspecified atom stereocenters. The summed E-state index contributed by atoms with van der Waals surface area (Å²) in [6.07, 6.45) is 12.3. The normalized spacial score (nSPS) is 46.9. The van der Waals surface area contributed by atoms with Crippen LogP contribution in [0.3, 0.4) is 0 Å². The van der Waals surface area contributed by atoms with Crippen molar-refractivity contribution in [1.82, 2.24) is 10.2 Å². The van der Waals surface area contributed by atoms with Gasteiger partial charge in [0.25, 0.3) is 0 Å². The highest BCUT2D eigenvalue weighted by atomic mass is 15.2. The molecule has 1 saturated heterocycles. The van der Waals surface area contributed by atoms with Crippen molar-refractivity contribution in [3.8, 4) is 0 Å². The predicted molar refractivity (Wildman–Crippen MR) is 79.1 cm³/mol. The van der Waals surface area contributed by atoms with Crippen molar-refractivity contribution in [2.75, 3.05) is 26.7 Å². The quantitative estimate of drug-likeness (QED) is 0.838. The van der Waals surface area contributed by atoms with Gasteiger partial charge in [-0.05, 0) is 94.7 Å². The molecule has 5 fully saturated rings. The summed E-state index contributed by atoms with van der Waals surface area (Å²) in [6, 6.07) is 0.841. The van der Waals surface area contributed by atoms with E-state index in [2.05, 4.69) is 17.3 Å². The molecular weight excluding hydrogens is 232 g/mol. The van der Waals surface area contributed by atoms with Crippen LogP contribution in [0.25, 0.3) is 0 Å². The van der Waals surface area contributed by atoms with E-state index in [1.165, 1.54) is 32.5 Å². The Morgan fingerprint density at radius 1 is 1.00 bits per heavy atom. The maximum atomic E-state index is 3.53. The molecule has 0 aromatic rings. The minimum absolute atomic E-state index is 0.697. The first-order valence-electron chi connectivity index (χ1n) is 8.68. The number of rotatable bonds is 4. The Kier molecular flexibility index (Phi) is 3.15. The molecule has 0 aromatic carbocycles. The van der Waals surface area contributed by atoms with Gasteiger partial charge in [-0.2, -0.15) is 0 Å². The average molecular weight is 262 g/mol. The van der Waals surface area contributed by atoms with Crippen LogP contribution in [0.5, 0.6) is 0 Å². The summed E-state index contributed by atoms with van der Waals surface area (Å²) in [7, 11) is 2.16. The van der Waals surface area contributed by atoms with Gasteiger partial charge in [-0.3, -0.25) is 4.90 Å². The summed E-state index contributed by atoms with van der Waals surface area (Å²) in [5.41, 5.74) is 0.697. The largest absolute Gasteiger partial charge is 0.318 e. The van der Waals surface area contributed by atoms with Crippen molar-refractivity contribution < 1.29 is 0 Å². The predicted octanol–water partition coefficient (Wildman–Crippen LogP) is 2.89. The maximum Gasteiger partial charge on any atom is 0.0277 e. The van der Waals surface area contributed by atoms with E-state index in [-0.39, 0.29) is 0 Å². The molecule has 4 aliphatic carbocycles. The van der Waals surface area contributed by atoms with E-state index in [0.29, 0.717) is 5.41 Å². The van der Waals surface area contributed by atoms with Crippen molar-refractivity contribution in [3.63, 3.8) is 0 Å². The summed E-state index contributed by atoms with van der Waals surface area (Å²) in [5, 5.41) is 3.53. The zero-order valence-corrected chi connectivity index (χ0v) is 12.5. The van der Waals surface area contributed by atoms with Crippen LogP contribution in [0.2, 0.25) is 0 Å². The van der Waals surface area contributed by atoms with E-state index in [1.807, 2.05) is 0 Å². The first kappa shape index (κ1) is 12.6. The molecule has 4 saturated carbocycles. The van der Waals surface area contributed by atoms with E-state index in [0.717, 1.165) is 23.8 Å². The Bertz CT molecular complexity index is 297. The number of likely N-dealkylation sites (N-methyl/N-ethyl adjacent to an activating group) is 1. The molecule has 1 aliphatic heterocycles. The highest BCUT2D eigenvalue weighted by molar-refractivity contribution is 5.07. The van der Waals surface area contributed by atoms with Crippen molar-refractivity contribution >= 4 is 0 Å². The first-order chi connectivity index (χ1) is 9.29. The van der Waals surface area contributed by atoms with Crippen LogP contribution in [-0.4, -0.2) is 37.6 Å². The standard InChI is InChI=1S/C17H30N2/c1-18-12-16(19-4-2-3-5-19)17-9-13-6-14(10-17)8-15(7-13)11-17/h13-16,18H,2-12H2,1H3. The van der Waals surface area contributed by atoms with Crippen LogP contribution in [0.1, 0.15) is 51.4 Å². The SMILES string of the molecule is CNCC(N1CCCC1)C12CC3CC(CC(C3)C1)C2. The van der Waals surface area contributed by atoms with Gasteiger partial charge in [-0.1, -0.05) is 0 Å². The number of nitrogens with one attached hydrogen (secondary N) is 1. The molecule has 2 heteroatoms.